The molecular formula is C24H25FN6O6S. The summed E-state index contributed by atoms with van der Waals surface area (Å²) in [4.78, 5) is 34.9. The zero-order valence-corrected chi connectivity index (χ0v) is 21.1. The van der Waals surface area contributed by atoms with Crippen molar-refractivity contribution in [2.45, 2.75) is 6.54 Å². The molecule has 0 spiro atoms. The SMILES string of the molecule is CS(=O)(=O)Oc1cc(Nc2ncc(C(N)=O)c(NCc3cccc(F)c3)n2)cc(C(=O)N2CCOCC2)c1. The Kier molecular flexibility index (Phi) is 8.02. The highest BCUT2D eigenvalue weighted by molar-refractivity contribution is 7.86. The van der Waals surface area contributed by atoms with Crippen LogP contribution in [0, 0.1) is 5.82 Å². The monoisotopic (exact) mass is 544 g/mol. The Balaban J connectivity index is 1.63. The number of anilines is 3. The topological polar surface area (TPSA) is 166 Å². The number of primary amides is 1. The van der Waals surface area contributed by atoms with Gasteiger partial charge < -0.3 is 30.2 Å². The van der Waals surface area contributed by atoms with Gasteiger partial charge in [-0.25, -0.2) is 9.37 Å². The fraction of sp³-hybridized carbons (Fsp3) is 0.250. The van der Waals surface area contributed by atoms with Crippen molar-refractivity contribution in [3.63, 3.8) is 0 Å². The molecule has 4 rings (SSSR count). The minimum Gasteiger partial charge on any atom is -0.383 e. The largest absolute Gasteiger partial charge is 0.383 e. The van der Waals surface area contributed by atoms with Crippen LogP contribution in [-0.2, 0) is 21.4 Å². The van der Waals surface area contributed by atoms with Crippen molar-refractivity contribution in [2.75, 3.05) is 43.2 Å². The number of aromatic nitrogens is 2. The molecule has 0 unspecified atom stereocenters. The Morgan fingerprint density at radius 2 is 1.95 bits per heavy atom. The van der Waals surface area contributed by atoms with Gasteiger partial charge in [-0.1, -0.05) is 12.1 Å². The Bertz CT molecular complexity index is 1460. The number of rotatable bonds is 9. The third kappa shape index (κ3) is 7.14. The standard InChI is InChI=1S/C24H25FN6O6S/c1-38(34,35)37-19-11-16(23(33)31-5-7-36-8-6-31)10-18(12-19)29-24-28-14-20(21(26)32)22(30-24)27-13-15-3-2-4-17(25)9-15/h2-4,9-12,14H,5-8,13H2,1H3,(H2,26,32)(H2,27,28,29,30). The lowest BCUT2D eigenvalue weighted by Crippen LogP contribution is -2.40. The Labute approximate surface area is 218 Å². The zero-order valence-electron chi connectivity index (χ0n) is 20.3. The van der Waals surface area contributed by atoms with Crippen LogP contribution in [0.15, 0.2) is 48.7 Å². The predicted molar refractivity (Wildman–Crippen MR) is 136 cm³/mol. The van der Waals surface area contributed by atoms with Crippen molar-refractivity contribution in [3.05, 3.63) is 71.2 Å². The number of amides is 2. The van der Waals surface area contributed by atoms with Crippen LogP contribution in [0.2, 0.25) is 0 Å². The van der Waals surface area contributed by atoms with Crippen molar-refractivity contribution in [1.29, 1.82) is 0 Å². The highest BCUT2D eigenvalue weighted by Crippen LogP contribution is 2.26. The Morgan fingerprint density at radius 1 is 1.18 bits per heavy atom. The summed E-state index contributed by atoms with van der Waals surface area (Å²) < 4.78 is 47.3. The quantitative estimate of drug-likeness (QED) is 0.339. The normalized spacial score (nSPS) is 13.6. The van der Waals surface area contributed by atoms with Gasteiger partial charge in [-0.2, -0.15) is 13.4 Å². The van der Waals surface area contributed by atoms with Crippen LogP contribution in [0.5, 0.6) is 5.75 Å². The maximum Gasteiger partial charge on any atom is 0.306 e. The highest BCUT2D eigenvalue weighted by atomic mass is 32.2. The number of benzene rings is 2. The summed E-state index contributed by atoms with van der Waals surface area (Å²) in [6.45, 7) is 1.70. The summed E-state index contributed by atoms with van der Waals surface area (Å²) in [6, 6.07) is 10.1. The van der Waals surface area contributed by atoms with Gasteiger partial charge in [0, 0.05) is 43.1 Å². The molecule has 0 bridgehead atoms. The van der Waals surface area contributed by atoms with E-state index in [0.29, 0.717) is 31.9 Å². The average molecular weight is 545 g/mol. The molecule has 12 nitrogen and oxygen atoms in total. The molecule has 1 aromatic heterocycles. The van der Waals surface area contributed by atoms with Crippen molar-refractivity contribution in [3.8, 4) is 5.75 Å². The van der Waals surface area contributed by atoms with E-state index >= 15 is 0 Å². The van der Waals surface area contributed by atoms with Gasteiger partial charge in [0.05, 0.1) is 25.0 Å². The summed E-state index contributed by atoms with van der Waals surface area (Å²) in [7, 11) is -3.88. The number of carbonyl (C=O) groups is 2. The van der Waals surface area contributed by atoms with E-state index in [1.165, 1.54) is 36.5 Å². The van der Waals surface area contributed by atoms with Crippen LogP contribution in [0.4, 0.5) is 21.8 Å². The van der Waals surface area contributed by atoms with E-state index < -0.39 is 21.8 Å². The van der Waals surface area contributed by atoms with Crippen LogP contribution in [0.3, 0.4) is 0 Å². The van der Waals surface area contributed by atoms with Gasteiger partial charge in [-0.05, 0) is 29.8 Å². The van der Waals surface area contributed by atoms with E-state index in [9.17, 15) is 22.4 Å². The van der Waals surface area contributed by atoms with Crippen molar-refractivity contribution < 1.29 is 31.3 Å². The number of ether oxygens (including phenoxy) is 1. The molecule has 14 heteroatoms. The second-order valence-electron chi connectivity index (χ2n) is 8.37. The highest BCUT2D eigenvalue weighted by Gasteiger charge is 2.21. The molecule has 2 aromatic carbocycles. The number of carbonyl (C=O) groups excluding carboxylic acids is 2. The van der Waals surface area contributed by atoms with E-state index in [1.807, 2.05) is 0 Å². The molecule has 1 aliphatic heterocycles. The number of morpholine rings is 1. The number of nitrogens with one attached hydrogen (secondary N) is 2. The Morgan fingerprint density at radius 3 is 2.63 bits per heavy atom. The van der Waals surface area contributed by atoms with E-state index in [4.69, 9.17) is 14.7 Å². The van der Waals surface area contributed by atoms with E-state index in [-0.39, 0.29) is 46.8 Å². The number of halogens is 1. The molecule has 2 amide bonds. The first-order chi connectivity index (χ1) is 18.1. The molecule has 0 atom stereocenters. The molecule has 0 saturated carbocycles. The third-order valence-electron chi connectivity index (χ3n) is 5.36. The lowest BCUT2D eigenvalue weighted by Gasteiger charge is -2.27. The number of nitrogens with two attached hydrogens (primary N) is 1. The van der Waals surface area contributed by atoms with Gasteiger partial charge in [0.2, 0.25) is 5.95 Å². The number of hydrogen-bond donors (Lipinski definition) is 3. The molecule has 1 aliphatic rings. The maximum absolute atomic E-state index is 13.5. The lowest BCUT2D eigenvalue weighted by atomic mass is 10.1. The summed E-state index contributed by atoms with van der Waals surface area (Å²) in [5, 5.41) is 5.84. The summed E-state index contributed by atoms with van der Waals surface area (Å²) in [6.07, 6.45) is 2.10. The van der Waals surface area contributed by atoms with Gasteiger partial charge in [0.25, 0.3) is 11.8 Å². The first-order valence-electron chi connectivity index (χ1n) is 11.4. The molecule has 1 saturated heterocycles. The lowest BCUT2D eigenvalue weighted by molar-refractivity contribution is 0.0303. The second-order valence-corrected chi connectivity index (χ2v) is 9.94. The van der Waals surface area contributed by atoms with Crippen LogP contribution < -0.4 is 20.6 Å². The molecule has 200 valence electrons. The number of nitrogens with zero attached hydrogens (tertiary/aromatic N) is 3. The first-order valence-corrected chi connectivity index (χ1v) is 13.2. The van der Waals surface area contributed by atoms with Crippen molar-refractivity contribution >= 4 is 39.4 Å². The summed E-state index contributed by atoms with van der Waals surface area (Å²) in [5.41, 5.74) is 6.49. The smallest absolute Gasteiger partial charge is 0.306 e. The maximum atomic E-state index is 13.5. The molecular weight excluding hydrogens is 519 g/mol. The number of hydrogen-bond acceptors (Lipinski definition) is 10. The predicted octanol–water partition coefficient (Wildman–Crippen LogP) is 1.88. The van der Waals surface area contributed by atoms with Gasteiger partial charge in [-0.3, -0.25) is 9.59 Å². The molecule has 38 heavy (non-hydrogen) atoms. The van der Waals surface area contributed by atoms with Gasteiger partial charge >= 0.3 is 10.1 Å². The minimum absolute atomic E-state index is 0.00398. The molecule has 3 aromatic rings. The fourth-order valence-corrected chi connectivity index (χ4v) is 4.13. The van der Waals surface area contributed by atoms with Gasteiger partial charge in [0.15, 0.2) is 0 Å². The van der Waals surface area contributed by atoms with Crippen molar-refractivity contribution in [1.82, 2.24) is 14.9 Å². The summed E-state index contributed by atoms with van der Waals surface area (Å²) >= 11 is 0. The minimum atomic E-state index is -3.88. The molecule has 2 heterocycles. The van der Waals surface area contributed by atoms with E-state index in [0.717, 1.165) is 6.26 Å². The summed E-state index contributed by atoms with van der Waals surface area (Å²) in [5.74, 6) is -1.51. The molecule has 0 aliphatic carbocycles. The zero-order chi connectivity index (χ0) is 27.3. The van der Waals surface area contributed by atoms with E-state index in [2.05, 4.69) is 20.6 Å². The van der Waals surface area contributed by atoms with Crippen LogP contribution in [-0.4, -0.2) is 67.7 Å². The van der Waals surface area contributed by atoms with Crippen molar-refractivity contribution in [2.24, 2.45) is 5.73 Å². The van der Waals surface area contributed by atoms with E-state index in [1.54, 1.807) is 17.0 Å². The molecule has 1 fully saturated rings. The third-order valence-corrected chi connectivity index (χ3v) is 5.85. The average Bonchev–Trinajstić information content (AvgIpc) is 2.86. The molecule has 0 radical (unpaired) electrons. The first kappa shape index (κ1) is 26.8. The second kappa shape index (κ2) is 11.4. The van der Waals surface area contributed by atoms with Gasteiger partial charge in [0.1, 0.15) is 17.4 Å². The van der Waals surface area contributed by atoms with Crippen LogP contribution in [0.1, 0.15) is 26.3 Å². The fourth-order valence-electron chi connectivity index (χ4n) is 3.69. The molecule has 4 N–H and O–H groups in total. The Hall–Kier alpha value is -4.30. The van der Waals surface area contributed by atoms with Crippen LogP contribution in [0.25, 0.3) is 0 Å². The van der Waals surface area contributed by atoms with Crippen LogP contribution >= 0.6 is 0 Å². The van der Waals surface area contributed by atoms with Gasteiger partial charge in [-0.15, -0.1) is 0 Å².